The first-order valence-corrected chi connectivity index (χ1v) is 10.5. The van der Waals surface area contributed by atoms with Crippen LogP contribution in [0.3, 0.4) is 0 Å². The molecule has 2 heterocycles. The number of halogens is 1. The number of rotatable bonds is 8. The Morgan fingerprint density at radius 3 is 2.79 bits per heavy atom. The standard InChI is InChI=1S/C22H21FN4OS/c23-18-10-5-9-17(14-18)21-25-22-27(26-21)19(15-29-22)12-13-24-20(28)11-4-8-16-6-2-1-3-7-16/h1-3,5-7,9-10,14-15H,4,8,11-13H2,(H,24,28). The van der Waals surface area contributed by atoms with Gasteiger partial charge in [0.15, 0.2) is 5.82 Å². The minimum atomic E-state index is -0.309. The maximum atomic E-state index is 13.4. The Kier molecular flexibility index (Phi) is 5.95. The highest BCUT2D eigenvalue weighted by Gasteiger charge is 2.12. The summed E-state index contributed by atoms with van der Waals surface area (Å²) >= 11 is 1.49. The van der Waals surface area contributed by atoms with E-state index in [1.807, 2.05) is 23.6 Å². The van der Waals surface area contributed by atoms with Crippen LogP contribution >= 0.6 is 11.3 Å². The van der Waals surface area contributed by atoms with Gasteiger partial charge in [-0.3, -0.25) is 4.79 Å². The number of hydrogen-bond acceptors (Lipinski definition) is 4. The molecule has 2 aromatic heterocycles. The van der Waals surface area contributed by atoms with Crippen LogP contribution in [-0.4, -0.2) is 27.0 Å². The predicted molar refractivity (Wildman–Crippen MR) is 112 cm³/mol. The van der Waals surface area contributed by atoms with E-state index in [2.05, 4.69) is 27.5 Å². The molecular weight excluding hydrogens is 387 g/mol. The van der Waals surface area contributed by atoms with E-state index in [-0.39, 0.29) is 11.7 Å². The topological polar surface area (TPSA) is 59.3 Å². The van der Waals surface area contributed by atoms with Crippen molar-refractivity contribution in [1.29, 1.82) is 0 Å². The molecule has 1 amide bonds. The molecule has 5 nitrogen and oxygen atoms in total. The molecule has 0 atom stereocenters. The monoisotopic (exact) mass is 408 g/mol. The molecule has 4 rings (SSSR count). The lowest BCUT2D eigenvalue weighted by molar-refractivity contribution is -0.121. The highest BCUT2D eigenvalue weighted by Crippen LogP contribution is 2.21. The second-order valence-corrected chi connectivity index (χ2v) is 7.64. The normalized spacial score (nSPS) is 11.1. The molecule has 0 saturated heterocycles. The summed E-state index contributed by atoms with van der Waals surface area (Å²) in [4.78, 5) is 17.3. The minimum absolute atomic E-state index is 0.0615. The first kappa shape index (κ1) is 19.3. The van der Waals surface area contributed by atoms with Gasteiger partial charge >= 0.3 is 0 Å². The van der Waals surface area contributed by atoms with Gasteiger partial charge in [0.05, 0.1) is 5.69 Å². The number of aryl methyl sites for hydroxylation is 1. The molecule has 0 radical (unpaired) electrons. The van der Waals surface area contributed by atoms with Crippen LogP contribution in [0.4, 0.5) is 4.39 Å². The maximum absolute atomic E-state index is 13.4. The zero-order valence-corrected chi connectivity index (χ0v) is 16.7. The zero-order valence-electron chi connectivity index (χ0n) is 15.8. The lowest BCUT2D eigenvalue weighted by Gasteiger charge is -2.05. The van der Waals surface area contributed by atoms with E-state index in [4.69, 9.17) is 0 Å². The Morgan fingerprint density at radius 2 is 1.97 bits per heavy atom. The molecule has 0 bridgehead atoms. The molecule has 0 unspecified atom stereocenters. The first-order valence-electron chi connectivity index (χ1n) is 9.59. The van der Waals surface area contributed by atoms with Crippen molar-refractivity contribution in [2.45, 2.75) is 25.7 Å². The average Bonchev–Trinajstić information content (AvgIpc) is 3.31. The van der Waals surface area contributed by atoms with Gasteiger partial charge in [0.2, 0.25) is 10.9 Å². The Labute approximate surface area is 172 Å². The number of amides is 1. The van der Waals surface area contributed by atoms with Crippen molar-refractivity contribution in [2.24, 2.45) is 0 Å². The molecule has 2 aromatic carbocycles. The predicted octanol–water partition coefficient (Wildman–Crippen LogP) is 4.28. The number of nitrogens with zero attached hydrogens (tertiary/aromatic N) is 3. The summed E-state index contributed by atoms with van der Waals surface area (Å²) in [5.74, 6) is 0.254. The summed E-state index contributed by atoms with van der Waals surface area (Å²) in [6, 6.07) is 16.4. The van der Waals surface area contributed by atoms with Crippen molar-refractivity contribution in [3.63, 3.8) is 0 Å². The number of aromatic nitrogens is 3. The van der Waals surface area contributed by atoms with Crippen LogP contribution in [-0.2, 0) is 17.6 Å². The second kappa shape index (κ2) is 8.96. The molecular formula is C22H21FN4OS. The van der Waals surface area contributed by atoms with Crippen molar-refractivity contribution >= 4 is 22.2 Å². The molecule has 1 N–H and O–H groups in total. The molecule has 0 fully saturated rings. The van der Waals surface area contributed by atoms with Crippen LogP contribution in [0, 0.1) is 5.82 Å². The average molecular weight is 409 g/mol. The van der Waals surface area contributed by atoms with Gasteiger partial charge in [-0.25, -0.2) is 8.91 Å². The molecule has 0 aliphatic carbocycles. The third-order valence-electron chi connectivity index (χ3n) is 4.65. The van der Waals surface area contributed by atoms with Crippen molar-refractivity contribution in [3.8, 4) is 11.4 Å². The fraction of sp³-hybridized carbons (Fsp3) is 0.227. The SMILES string of the molecule is O=C(CCCc1ccccc1)NCCc1csc2nc(-c3cccc(F)c3)nn12. The molecule has 0 aliphatic heterocycles. The van der Waals surface area contributed by atoms with Crippen LogP contribution in [0.25, 0.3) is 16.3 Å². The van der Waals surface area contributed by atoms with Crippen LogP contribution in [0.2, 0.25) is 0 Å². The van der Waals surface area contributed by atoms with Gasteiger partial charge in [-0.05, 0) is 30.5 Å². The van der Waals surface area contributed by atoms with E-state index in [1.165, 1.54) is 29.0 Å². The van der Waals surface area contributed by atoms with E-state index in [9.17, 15) is 9.18 Å². The molecule has 148 valence electrons. The number of hydrogen-bond donors (Lipinski definition) is 1. The van der Waals surface area contributed by atoms with Gasteiger partial charge in [0.25, 0.3) is 0 Å². The summed E-state index contributed by atoms with van der Waals surface area (Å²) < 4.78 is 15.2. The molecule has 29 heavy (non-hydrogen) atoms. The van der Waals surface area contributed by atoms with Gasteiger partial charge in [-0.1, -0.05) is 42.5 Å². The van der Waals surface area contributed by atoms with E-state index in [1.54, 1.807) is 16.6 Å². The van der Waals surface area contributed by atoms with Crippen molar-refractivity contribution in [2.75, 3.05) is 6.54 Å². The molecule has 0 aliphatic rings. The summed E-state index contributed by atoms with van der Waals surface area (Å²) in [5, 5.41) is 9.47. The van der Waals surface area contributed by atoms with E-state index >= 15 is 0 Å². The first-order chi connectivity index (χ1) is 14.2. The smallest absolute Gasteiger partial charge is 0.220 e. The highest BCUT2D eigenvalue weighted by atomic mass is 32.1. The number of carbonyl (C=O) groups excluding carboxylic acids is 1. The Bertz CT molecular complexity index is 1110. The van der Waals surface area contributed by atoms with E-state index in [0.29, 0.717) is 30.8 Å². The largest absolute Gasteiger partial charge is 0.356 e. The van der Waals surface area contributed by atoms with Crippen molar-refractivity contribution in [3.05, 3.63) is 77.1 Å². The van der Waals surface area contributed by atoms with Crippen molar-refractivity contribution < 1.29 is 9.18 Å². The van der Waals surface area contributed by atoms with Crippen LogP contribution < -0.4 is 5.32 Å². The quantitative estimate of drug-likeness (QED) is 0.473. The Hall–Kier alpha value is -3.06. The van der Waals surface area contributed by atoms with Gasteiger partial charge < -0.3 is 5.32 Å². The summed E-state index contributed by atoms with van der Waals surface area (Å²) in [7, 11) is 0. The second-order valence-electron chi connectivity index (χ2n) is 6.81. The number of nitrogens with one attached hydrogen (secondary N) is 1. The lowest BCUT2D eigenvalue weighted by Crippen LogP contribution is -2.25. The third kappa shape index (κ3) is 4.86. The van der Waals surface area contributed by atoms with Crippen molar-refractivity contribution in [1.82, 2.24) is 19.9 Å². The molecule has 0 spiro atoms. The lowest BCUT2D eigenvalue weighted by atomic mass is 10.1. The number of carbonyl (C=O) groups is 1. The minimum Gasteiger partial charge on any atom is -0.356 e. The molecule has 0 saturated carbocycles. The van der Waals surface area contributed by atoms with Gasteiger partial charge in [-0.15, -0.1) is 16.4 Å². The number of benzene rings is 2. The zero-order chi connectivity index (χ0) is 20.1. The van der Waals surface area contributed by atoms with Gasteiger partial charge in [0, 0.05) is 30.3 Å². The van der Waals surface area contributed by atoms with E-state index < -0.39 is 0 Å². The van der Waals surface area contributed by atoms with Crippen LogP contribution in [0.1, 0.15) is 24.1 Å². The summed E-state index contributed by atoms with van der Waals surface area (Å²) in [6.07, 6.45) is 2.91. The van der Waals surface area contributed by atoms with Gasteiger partial charge in [-0.2, -0.15) is 4.98 Å². The third-order valence-corrected chi connectivity index (χ3v) is 5.51. The van der Waals surface area contributed by atoms with Gasteiger partial charge in [0.1, 0.15) is 5.82 Å². The molecule has 4 aromatic rings. The van der Waals surface area contributed by atoms with E-state index in [0.717, 1.165) is 23.5 Å². The molecule has 7 heteroatoms. The fourth-order valence-corrected chi connectivity index (χ4v) is 4.02. The maximum Gasteiger partial charge on any atom is 0.220 e. The Balaban J connectivity index is 1.29. The van der Waals surface area contributed by atoms with Crippen LogP contribution in [0.5, 0.6) is 0 Å². The summed E-state index contributed by atoms with van der Waals surface area (Å²) in [5.41, 5.74) is 2.88. The fourth-order valence-electron chi connectivity index (χ4n) is 3.16. The summed E-state index contributed by atoms with van der Waals surface area (Å²) in [6.45, 7) is 0.547. The highest BCUT2D eigenvalue weighted by molar-refractivity contribution is 7.15. The number of thiazole rings is 1. The number of fused-ring (bicyclic) bond motifs is 1. The van der Waals surface area contributed by atoms with Crippen LogP contribution in [0.15, 0.2) is 60.0 Å². The Morgan fingerprint density at radius 1 is 1.10 bits per heavy atom.